The van der Waals surface area contributed by atoms with Gasteiger partial charge in [-0.15, -0.1) is 0 Å². The summed E-state index contributed by atoms with van der Waals surface area (Å²) in [5.74, 6) is 0. The van der Waals surface area contributed by atoms with Crippen LogP contribution in [0.25, 0.3) is 0 Å². The molecule has 2 aliphatic heterocycles. The molecule has 0 radical (unpaired) electrons. The second kappa shape index (κ2) is 1.22. The third-order valence-electron chi connectivity index (χ3n) is 2.20. The topological polar surface area (TPSA) is 25.1 Å². The maximum Gasteiger partial charge on any atom is 0.117 e. The lowest BCUT2D eigenvalue weighted by molar-refractivity contribution is 0.313. The third kappa shape index (κ3) is 0.523. The van der Waals surface area contributed by atoms with Crippen LogP contribution >= 0.6 is 0 Å². The van der Waals surface area contributed by atoms with E-state index in [0.717, 1.165) is 6.42 Å². The normalized spacial score (nSPS) is 59.6. The van der Waals surface area contributed by atoms with Crippen molar-refractivity contribution in [1.29, 1.82) is 0 Å². The molecule has 2 nitrogen and oxygen atoms in total. The minimum Gasteiger partial charge on any atom is -0.366 e. The molecule has 48 valence electrons. The van der Waals surface area contributed by atoms with Crippen molar-refractivity contribution in [3.8, 4) is 0 Å². The Morgan fingerprint density at radius 3 is 3.22 bits per heavy atom. The van der Waals surface area contributed by atoms with Crippen molar-refractivity contribution in [3.05, 3.63) is 12.2 Å². The van der Waals surface area contributed by atoms with Crippen molar-refractivity contribution in [1.82, 2.24) is 0 Å². The van der Waals surface area contributed by atoms with Crippen LogP contribution in [0.3, 0.4) is 0 Å². The highest BCUT2D eigenvalue weighted by Crippen LogP contribution is 2.42. The maximum absolute atomic E-state index is 5.34. The van der Waals surface area contributed by atoms with E-state index in [1.807, 2.05) is 0 Å². The fourth-order valence-corrected chi connectivity index (χ4v) is 1.54. The van der Waals surface area contributed by atoms with Gasteiger partial charge in [-0.1, -0.05) is 12.2 Å². The Kier molecular flexibility index (Phi) is 0.608. The second-order valence-corrected chi connectivity index (χ2v) is 2.87. The minimum absolute atomic E-state index is 0.405. The number of epoxide rings is 2. The molecule has 0 saturated carbocycles. The summed E-state index contributed by atoms with van der Waals surface area (Å²) >= 11 is 0. The average Bonchev–Trinajstić information content (AvgIpc) is 2.48. The van der Waals surface area contributed by atoms with E-state index in [1.165, 1.54) is 0 Å². The Balaban J connectivity index is 1.91. The van der Waals surface area contributed by atoms with Crippen LogP contribution in [0.5, 0.6) is 0 Å². The van der Waals surface area contributed by atoms with E-state index in [2.05, 4.69) is 12.2 Å². The Morgan fingerprint density at radius 1 is 1.22 bits per heavy atom. The average molecular weight is 124 g/mol. The molecular weight excluding hydrogens is 116 g/mol. The molecule has 4 unspecified atom stereocenters. The molecule has 0 aromatic rings. The van der Waals surface area contributed by atoms with Crippen molar-refractivity contribution in [2.75, 3.05) is 0 Å². The molecule has 2 fully saturated rings. The zero-order valence-electron chi connectivity index (χ0n) is 4.99. The molecule has 0 bridgehead atoms. The van der Waals surface area contributed by atoms with Gasteiger partial charge < -0.3 is 9.47 Å². The molecule has 9 heavy (non-hydrogen) atoms. The summed E-state index contributed by atoms with van der Waals surface area (Å²) in [7, 11) is 0. The van der Waals surface area contributed by atoms with Gasteiger partial charge in [0, 0.05) is 0 Å². The van der Waals surface area contributed by atoms with E-state index in [4.69, 9.17) is 9.47 Å². The van der Waals surface area contributed by atoms with Gasteiger partial charge in [0.2, 0.25) is 0 Å². The fourth-order valence-electron chi connectivity index (χ4n) is 1.54. The molecule has 0 aromatic carbocycles. The summed E-state index contributed by atoms with van der Waals surface area (Å²) in [6.45, 7) is 0. The quantitative estimate of drug-likeness (QED) is 0.346. The molecule has 0 spiro atoms. The van der Waals surface area contributed by atoms with Gasteiger partial charge in [-0.25, -0.2) is 0 Å². The lowest BCUT2D eigenvalue weighted by Crippen LogP contribution is -2.01. The predicted octanol–water partition coefficient (Wildman–Crippen LogP) is 0.481. The first-order chi connectivity index (χ1) is 4.45. The Bertz CT molecular complexity index is 176. The van der Waals surface area contributed by atoms with Crippen LogP contribution in [0.2, 0.25) is 0 Å². The van der Waals surface area contributed by atoms with E-state index in [1.54, 1.807) is 0 Å². The zero-order chi connectivity index (χ0) is 5.84. The molecule has 3 aliphatic rings. The molecule has 0 amide bonds. The largest absolute Gasteiger partial charge is 0.366 e. The van der Waals surface area contributed by atoms with Crippen molar-refractivity contribution < 1.29 is 9.47 Å². The van der Waals surface area contributed by atoms with Crippen molar-refractivity contribution in [2.45, 2.75) is 30.8 Å². The van der Waals surface area contributed by atoms with Gasteiger partial charge in [-0.05, 0) is 6.42 Å². The highest BCUT2D eigenvalue weighted by atomic mass is 16.7. The summed E-state index contributed by atoms with van der Waals surface area (Å²) < 4.78 is 10.6. The summed E-state index contributed by atoms with van der Waals surface area (Å²) in [4.78, 5) is 0. The van der Waals surface area contributed by atoms with Gasteiger partial charge in [0.05, 0.1) is 6.10 Å². The van der Waals surface area contributed by atoms with Crippen molar-refractivity contribution in [2.24, 2.45) is 0 Å². The first-order valence-corrected chi connectivity index (χ1v) is 3.43. The van der Waals surface area contributed by atoms with E-state index in [9.17, 15) is 0 Å². The molecule has 2 heterocycles. The van der Waals surface area contributed by atoms with Gasteiger partial charge >= 0.3 is 0 Å². The Morgan fingerprint density at radius 2 is 2.22 bits per heavy atom. The van der Waals surface area contributed by atoms with E-state index in [0.29, 0.717) is 24.4 Å². The SMILES string of the molecule is C1=CC2OC2C2OC2C1. The van der Waals surface area contributed by atoms with E-state index >= 15 is 0 Å². The van der Waals surface area contributed by atoms with Gasteiger partial charge in [-0.3, -0.25) is 0 Å². The molecule has 4 atom stereocenters. The second-order valence-electron chi connectivity index (χ2n) is 2.87. The number of ether oxygens (including phenoxy) is 2. The Labute approximate surface area is 53.4 Å². The van der Waals surface area contributed by atoms with Crippen LogP contribution in [0.15, 0.2) is 12.2 Å². The van der Waals surface area contributed by atoms with Crippen LogP contribution < -0.4 is 0 Å². The standard InChI is InChI=1S/C7H8O2/c1-2-4-6(8-4)7-5(3-1)9-7/h1-2,4-7H,3H2. The molecule has 0 aromatic heterocycles. The number of hydrogen-bond acceptors (Lipinski definition) is 2. The van der Waals surface area contributed by atoms with Crippen LogP contribution in [0, 0.1) is 0 Å². The lowest BCUT2D eigenvalue weighted by Gasteiger charge is -1.79. The number of rotatable bonds is 0. The number of fused-ring (bicyclic) bond motifs is 3. The first-order valence-electron chi connectivity index (χ1n) is 3.43. The Hall–Kier alpha value is -0.340. The molecule has 3 rings (SSSR count). The van der Waals surface area contributed by atoms with Crippen molar-refractivity contribution >= 4 is 0 Å². The van der Waals surface area contributed by atoms with E-state index in [-0.39, 0.29) is 0 Å². The fraction of sp³-hybridized carbons (Fsp3) is 0.714. The molecule has 2 heteroatoms. The van der Waals surface area contributed by atoms with Crippen molar-refractivity contribution in [3.63, 3.8) is 0 Å². The molecule has 0 N–H and O–H groups in total. The van der Waals surface area contributed by atoms with Gasteiger partial charge in [0.25, 0.3) is 0 Å². The molecule has 1 aliphatic carbocycles. The van der Waals surface area contributed by atoms with Crippen LogP contribution in [0.1, 0.15) is 6.42 Å². The maximum atomic E-state index is 5.34. The minimum atomic E-state index is 0.405. The summed E-state index contributed by atoms with van der Waals surface area (Å²) in [5, 5.41) is 0. The summed E-state index contributed by atoms with van der Waals surface area (Å²) in [6, 6.07) is 0. The first kappa shape index (κ1) is 4.47. The summed E-state index contributed by atoms with van der Waals surface area (Å²) in [6.07, 6.45) is 7.20. The smallest absolute Gasteiger partial charge is 0.117 e. The van der Waals surface area contributed by atoms with Gasteiger partial charge in [0.15, 0.2) is 0 Å². The van der Waals surface area contributed by atoms with Gasteiger partial charge in [-0.2, -0.15) is 0 Å². The van der Waals surface area contributed by atoms with Gasteiger partial charge in [0.1, 0.15) is 18.3 Å². The van der Waals surface area contributed by atoms with Crippen LogP contribution in [-0.2, 0) is 9.47 Å². The van der Waals surface area contributed by atoms with Crippen LogP contribution in [0.4, 0.5) is 0 Å². The highest BCUT2D eigenvalue weighted by molar-refractivity contribution is 5.16. The lowest BCUT2D eigenvalue weighted by atomic mass is 10.2. The summed E-state index contributed by atoms with van der Waals surface area (Å²) in [5.41, 5.74) is 0. The zero-order valence-corrected chi connectivity index (χ0v) is 4.99. The predicted molar refractivity (Wildman–Crippen MR) is 31.1 cm³/mol. The molecule has 2 saturated heterocycles. The third-order valence-corrected chi connectivity index (χ3v) is 2.20. The number of hydrogen-bond donors (Lipinski definition) is 0. The highest BCUT2D eigenvalue weighted by Gasteiger charge is 2.57. The van der Waals surface area contributed by atoms with Crippen LogP contribution in [-0.4, -0.2) is 24.4 Å². The van der Waals surface area contributed by atoms with E-state index < -0.39 is 0 Å². The molecular formula is C7H8O2. The monoisotopic (exact) mass is 124 g/mol.